The molecule has 4 nitrogen and oxygen atoms in total. The second kappa shape index (κ2) is 6.34. The van der Waals surface area contributed by atoms with Crippen molar-refractivity contribution in [3.63, 3.8) is 0 Å². The summed E-state index contributed by atoms with van der Waals surface area (Å²) in [7, 11) is 0. The fourth-order valence-corrected chi connectivity index (χ4v) is 5.20. The third-order valence-corrected chi connectivity index (χ3v) is 6.87. The zero-order valence-corrected chi connectivity index (χ0v) is 18.2. The third kappa shape index (κ3) is 2.56. The Bertz CT molecular complexity index is 1130. The minimum Gasteiger partial charge on any atom is -0.368 e. The molecule has 2 aromatic carbocycles. The Labute approximate surface area is 177 Å². The molecule has 0 atom stereocenters. The molecule has 0 amide bonds. The van der Waals surface area contributed by atoms with Gasteiger partial charge in [-0.25, -0.2) is 0 Å². The van der Waals surface area contributed by atoms with Gasteiger partial charge in [-0.05, 0) is 29.8 Å². The smallest absolute Gasteiger partial charge is 0.195 e. The lowest BCUT2D eigenvalue weighted by Gasteiger charge is -2.35. The number of halogens is 2. The number of benzene rings is 2. The van der Waals surface area contributed by atoms with Crippen molar-refractivity contribution in [2.24, 2.45) is 0 Å². The summed E-state index contributed by atoms with van der Waals surface area (Å²) in [6.07, 6.45) is 0. The molecule has 1 saturated heterocycles. The second-order valence-electron chi connectivity index (χ2n) is 8.11. The number of aromatic nitrogens is 1. The van der Waals surface area contributed by atoms with Gasteiger partial charge in [0.1, 0.15) is 0 Å². The fraction of sp³-hybridized carbons (Fsp3) is 0.318. The van der Waals surface area contributed by atoms with Crippen LogP contribution in [0, 0.1) is 0 Å². The zero-order chi connectivity index (χ0) is 19.6. The average molecular weight is 459 g/mol. The Morgan fingerprint density at radius 1 is 1.14 bits per heavy atom. The largest absolute Gasteiger partial charge is 0.368 e. The molecule has 1 fully saturated rings. The highest BCUT2D eigenvalue weighted by atomic mass is 79.9. The molecule has 0 unspecified atom stereocenters. The molecular weight excluding hydrogens is 438 g/mol. The fourth-order valence-electron chi connectivity index (χ4n) is 4.56. The molecule has 0 spiro atoms. The Kier molecular flexibility index (Phi) is 4.13. The molecule has 0 radical (unpaired) electrons. The number of hydrogen-bond donors (Lipinski definition) is 2. The molecule has 1 aliphatic heterocycles. The summed E-state index contributed by atoms with van der Waals surface area (Å²) in [6.45, 7) is 8.07. The van der Waals surface area contributed by atoms with Crippen molar-refractivity contribution in [1.82, 2.24) is 10.3 Å². The van der Waals surface area contributed by atoms with Crippen LogP contribution in [0.3, 0.4) is 0 Å². The van der Waals surface area contributed by atoms with Crippen molar-refractivity contribution in [2.75, 3.05) is 31.1 Å². The number of ketones is 1. The Balaban J connectivity index is 1.73. The monoisotopic (exact) mass is 457 g/mol. The highest BCUT2D eigenvalue weighted by Gasteiger charge is 2.40. The van der Waals surface area contributed by atoms with Crippen LogP contribution < -0.4 is 10.2 Å². The second-order valence-corrected chi connectivity index (χ2v) is 9.43. The minimum absolute atomic E-state index is 0.0478. The van der Waals surface area contributed by atoms with Gasteiger partial charge in [-0.3, -0.25) is 4.79 Å². The molecule has 2 aliphatic rings. The van der Waals surface area contributed by atoms with Gasteiger partial charge in [0.25, 0.3) is 0 Å². The van der Waals surface area contributed by atoms with E-state index in [0.29, 0.717) is 10.6 Å². The van der Waals surface area contributed by atoms with Gasteiger partial charge in [-0.1, -0.05) is 47.4 Å². The van der Waals surface area contributed by atoms with Gasteiger partial charge in [-0.2, -0.15) is 0 Å². The summed E-state index contributed by atoms with van der Waals surface area (Å²) in [5.74, 6) is 0.0478. The standard InChI is InChI=1S/C22H21BrClN3O/c1-22(2)15-11-18(27-7-5-25-6-8-27)16(24)10-14(15)20(28)19-13-4-3-12(23)9-17(13)26-21(19)22/h3-4,9-11,25-26H,5-8H2,1-2H3. The lowest BCUT2D eigenvalue weighted by atomic mass is 9.71. The third-order valence-electron chi connectivity index (χ3n) is 6.08. The molecule has 0 saturated carbocycles. The molecule has 3 aromatic rings. The maximum absolute atomic E-state index is 13.5. The molecule has 2 N–H and O–H groups in total. The van der Waals surface area contributed by atoms with Crippen LogP contribution in [0.25, 0.3) is 10.9 Å². The number of fused-ring (bicyclic) bond motifs is 4. The number of hydrogen-bond acceptors (Lipinski definition) is 3. The van der Waals surface area contributed by atoms with Gasteiger partial charge in [0, 0.05) is 58.2 Å². The van der Waals surface area contributed by atoms with E-state index in [0.717, 1.165) is 64.1 Å². The number of carbonyl (C=O) groups excluding carboxylic acids is 1. The van der Waals surface area contributed by atoms with Crippen LogP contribution in [-0.4, -0.2) is 36.9 Å². The normalized spacial score (nSPS) is 18.3. The zero-order valence-electron chi connectivity index (χ0n) is 15.8. The Morgan fingerprint density at radius 2 is 1.89 bits per heavy atom. The minimum atomic E-state index is -0.322. The van der Waals surface area contributed by atoms with E-state index in [4.69, 9.17) is 11.6 Å². The number of carbonyl (C=O) groups is 1. The first-order valence-corrected chi connectivity index (χ1v) is 10.7. The van der Waals surface area contributed by atoms with E-state index in [-0.39, 0.29) is 11.2 Å². The quantitative estimate of drug-likeness (QED) is 0.547. The van der Waals surface area contributed by atoms with Crippen LogP contribution in [0.4, 0.5) is 5.69 Å². The molecule has 1 aromatic heterocycles. The van der Waals surface area contributed by atoms with Gasteiger partial charge < -0.3 is 15.2 Å². The number of aromatic amines is 1. The van der Waals surface area contributed by atoms with Crippen LogP contribution in [0.2, 0.25) is 5.02 Å². The molecule has 5 rings (SSSR count). The van der Waals surface area contributed by atoms with Crippen LogP contribution in [0.15, 0.2) is 34.8 Å². The van der Waals surface area contributed by atoms with E-state index in [1.807, 2.05) is 24.3 Å². The van der Waals surface area contributed by atoms with Crippen molar-refractivity contribution < 1.29 is 4.79 Å². The predicted molar refractivity (Wildman–Crippen MR) is 118 cm³/mol. The molecule has 1 aliphatic carbocycles. The molecule has 0 bridgehead atoms. The summed E-state index contributed by atoms with van der Waals surface area (Å²) in [6, 6.07) is 10.0. The van der Waals surface area contributed by atoms with E-state index in [1.54, 1.807) is 0 Å². The van der Waals surface area contributed by atoms with Gasteiger partial charge in [0.2, 0.25) is 0 Å². The van der Waals surface area contributed by atoms with Crippen LogP contribution >= 0.6 is 27.5 Å². The number of nitrogens with zero attached hydrogens (tertiary/aromatic N) is 1. The summed E-state index contributed by atoms with van der Waals surface area (Å²) in [5.41, 5.74) is 5.17. The number of H-pyrrole nitrogens is 1. The summed E-state index contributed by atoms with van der Waals surface area (Å²) >= 11 is 10.2. The van der Waals surface area contributed by atoms with Crippen molar-refractivity contribution in [3.05, 3.63) is 62.2 Å². The summed E-state index contributed by atoms with van der Waals surface area (Å²) in [5, 5.41) is 4.99. The van der Waals surface area contributed by atoms with Crippen LogP contribution in [0.1, 0.15) is 41.0 Å². The van der Waals surface area contributed by atoms with Crippen molar-refractivity contribution >= 4 is 49.9 Å². The maximum atomic E-state index is 13.5. The number of nitrogens with one attached hydrogen (secondary N) is 2. The highest BCUT2D eigenvalue weighted by molar-refractivity contribution is 9.10. The van der Waals surface area contributed by atoms with Gasteiger partial charge in [0.05, 0.1) is 16.3 Å². The average Bonchev–Trinajstić information content (AvgIpc) is 3.06. The number of piperazine rings is 1. The van der Waals surface area contributed by atoms with Crippen molar-refractivity contribution in [1.29, 1.82) is 0 Å². The lowest BCUT2D eigenvalue weighted by molar-refractivity contribution is 0.103. The number of anilines is 1. The van der Waals surface area contributed by atoms with E-state index >= 15 is 0 Å². The summed E-state index contributed by atoms with van der Waals surface area (Å²) < 4.78 is 0.991. The molecule has 2 heterocycles. The first kappa shape index (κ1) is 18.2. The van der Waals surface area contributed by atoms with E-state index in [2.05, 4.69) is 51.0 Å². The predicted octanol–water partition coefficient (Wildman–Crippen LogP) is 4.86. The Hall–Kier alpha value is -1.82. The van der Waals surface area contributed by atoms with Crippen LogP contribution in [0.5, 0.6) is 0 Å². The van der Waals surface area contributed by atoms with Gasteiger partial charge in [0.15, 0.2) is 5.78 Å². The van der Waals surface area contributed by atoms with E-state index in [9.17, 15) is 4.79 Å². The summed E-state index contributed by atoms with van der Waals surface area (Å²) in [4.78, 5) is 19.3. The SMILES string of the molecule is CC1(C)c2cc(N3CCNCC3)c(Cl)cc2C(=O)c2c1[nH]c1cc(Br)ccc21. The van der Waals surface area contributed by atoms with Gasteiger partial charge >= 0.3 is 0 Å². The first-order valence-electron chi connectivity index (χ1n) is 9.54. The highest BCUT2D eigenvalue weighted by Crippen LogP contribution is 2.46. The molecular formula is C22H21BrClN3O. The van der Waals surface area contributed by atoms with Crippen molar-refractivity contribution in [2.45, 2.75) is 19.3 Å². The van der Waals surface area contributed by atoms with Crippen LogP contribution in [-0.2, 0) is 5.41 Å². The molecule has 6 heteroatoms. The molecule has 144 valence electrons. The van der Waals surface area contributed by atoms with E-state index in [1.165, 1.54) is 0 Å². The van der Waals surface area contributed by atoms with E-state index < -0.39 is 0 Å². The lowest BCUT2D eigenvalue weighted by Crippen LogP contribution is -2.44. The topological polar surface area (TPSA) is 48.1 Å². The first-order chi connectivity index (χ1) is 13.4. The Morgan fingerprint density at radius 3 is 2.64 bits per heavy atom. The van der Waals surface area contributed by atoms with Gasteiger partial charge in [-0.15, -0.1) is 0 Å². The number of rotatable bonds is 1. The maximum Gasteiger partial charge on any atom is 0.195 e. The molecule has 28 heavy (non-hydrogen) atoms. The van der Waals surface area contributed by atoms with Crippen molar-refractivity contribution in [3.8, 4) is 0 Å².